The molecule has 1 aromatic heterocycles. The summed E-state index contributed by atoms with van der Waals surface area (Å²) in [7, 11) is 0. The average molecular weight is 267 g/mol. The lowest BCUT2D eigenvalue weighted by molar-refractivity contribution is 0.131. The van der Waals surface area contributed by atoms with Gasteiger partial charge in [0.1, 0.15) is 11.6 Å². The van der Waals surface area contributed by atoms with Crippen molar-refractivity contribution in [2.45, 2.75) is 33.1 Å². The first kappa shape index (κ1) is 15.5. The second kappa shape index (κ2) is 9.38. The van der Waals surface area contributed by atoms with E-state index in [0.717, 1.165) is 50.8 Å². The number of aromatic nitrogens is 2. The molecule has 0 saturated carbocycles. The molecule has 0 unspecified atom stereocenters. The maximum Gasteiger partial charge on any atom is 0.223 e. The molecule has 1 rings (SSSR count). The minimum atomic E-state index is 0.278. The van der Waals surface area contributed by atoms with Crippen molar-refractivity contribution in [2.75, 3.05) is 42.7 Å². The number of anilines is 3. The predicted octanol–water partition coefficient (Wildman–Crippen LogP) is 2.11. The van der Waals surface area contributed by atoms with Gasteiger partial charge in [-0.2, -0.15) is 9.97 Å². The zero-order chi connectivity index (χ0) is 13.9. The summed E-state index contributed by atoms with van der Waals surface area (Å²) in [6.45, 7) is 7.41. The first-order valence-electron chi connectivity index (χ1n) is 6.96. The fourth-order valence-corrected chi connectivity index (χ4v) is 1.57. The van der Waals surface area contributed by atoms with E-state index in [2.05, 4.69) is 27.5 Å². The van der Waals surface area contributed by atoms with Gasteiger partial charge in [-0.05, 0) is 19.8 Å². The molecule has 0 bridgehead atoms. The maximum atomic E-state index is 5.65. The zero-order valence-corrected chi connectivity index (χ0v) is 11.9. The highest BCUT2D eigenvalue weighted by Gasteiger charge is 2.00. The third-order valence-electron chi connectivity index (χ3n) is 2.52. The molecule has 0 amide bonds. The molecule has 4 N–H and O–H groups in total. The lowest BCUT2D eigenvalue weighted by Gasteiger charge is -2.09. The van der Waals surface area contributed by atoms with Gasteiger partial charge in [-0.1, -0.05) is 13.3 Å². The van der Waals surface area contributed by atoms with Crippen LogP contribution in [0, 0.1) is 0 Å². The van der Waals surface area contributed by atoms with Crippen molar-refractivity contribution in [1.29, 1.82) is 0 Å². The maximum absolute atomic E-state index is 5.65. The fraction of sp³-hybridized carbons (Fsp3) is 0.692. The van der Waals surface area contributed by atoms with Crippen LogP contribution in [-0.2, 0) is 4.74 Å². The molecule has 1 heterocycles. The van der Waals surface area contributed by atoms with Crippen LogP contribution >= 0.6 is 0 Å². The van der Waals surface area contributed by atoms with Crippen molar-refractivity contribution in [2.24, 2.45) is 0 Å². The van der Waals surface area contributed by atoms with Crippen LogP contribution in [0.15, 0.2) is 6.07 Å². The van der Waals surface area contributed by atoms with Crippen molar-refractivity contribution in [1.82, 2.24) is 9.97 Å². The summed E-state index contributed by atoms with van der Waals surface area (Å²) in [5, 5.41) is 6.34. The Balaban J connectivity index is 2.25. The summed E-state index contributed by atoms with van der Waals surface area (Å²) in [6.07, 6.45) is 3.25. The number of nitrogen functional groups attached to an aromatic ring is 1. The molecule has 6 heteroatoms. The molecule has 0 spiro atoms. The van der Waals surface area contributed by atoms with E-state index in [4.69, 9.17) is 10.5 Å². The summed E-state index contributed by atoms with van der Waals surface area (Å²) >= 11 is 0. The molecule has 0 aliphatic heterocycles. The van der Waals surface area contributed by atoms with Gasteiger partial charge in [0, 0.05) is 32.4 Å². The molecule has 108 valence electrons. The number of nitrogens with one attached hydrogen (secondary N) is 2. The van der Waals surface area contributed by atoms with Gasteiger partial charge in [-0.3, -0.25) is 0 Å². The second-order valence-electron chi connectivity index (χ2n) is 4.27. The quantitative estimate of drug-likeness (QED) is 0.563. The lowest BCUT2D eigenvalue weighted by Crippen LogP contribution is -2.10. The van der Waals surface area contributed by atoms with Gasteiger partial charge < -0.3 is 21.1 Å². The van der Waals surface area contributed by atoms with E-state index in [9.17, 15) is 0 Å². The van der Waals surface area contributed by atoms with Crippen molar-refractivity contribution in [3.05, 3.63) is 6.07 Å². The molecular weight excluding hydrogens is 242 g/mol. The normalized spacial score (nSPS) is 10.4. The molecule has 0 saturated heterocycles. The largest absolute Gasteiger partial charge is 0.381 e. The Kier molecular flexibility index (Phi) is 7.65. The zero-order valence-electron chi connectivity index (χ0n) is 11.9. The lowest BCUT2D eigenvalue weighted by atomic mass is 10.3. The van der Waals surface area contributed by atoms with E-state index in [-0.39, 0.29) is 5.95 Å². The van der Waals surface area contributed by atoms with Crippen LogP contribution in [0.1, 0.15) is 33.1 Å². The number of ether oxygens (including phenoxy) is 1. The average Bonchev–Trinajstić information content (AvgIpc) is 2.37. The van der Waals surface area contributed by atoms with E-state index in [1.807, 2.05) is 13.0 Å². The smallest absolute Gasteiger partial charge is 0.223 e. The molecule has 0 radical (unpaired) electrons. The second-order valence-corrected chi connectivity index (χ2v) is 4.27. The van der Waals surface area contributed by atoms with Crippen LogP contribution in [0.25, 0.3) is 0 Å². The molecule has 0 aliphatic rings. The van der Waals surface area contributed by atoms with Gasteiger partial charge in [0.2, 0.25) is 5.95 Å². The van der Waals surface area contributed by atoms with Gasteiger partial charge in [0.15, 0.2) is 0 Å². The SMILES string of the molecule is CCCCOCCCNc1cc(NCC)nc(N)n1. The highest BCUT2D eigenvalue weighted by atomic mass is 16.5. The van der Waals surface area contributed by atoms with E-state index >= 15 is 0 Å². The summed E-state index contributed by atoms with van der Waals surface area (Å²) in [4.78, 5) is 8.23. The molecule has 0 aliphatic carbocycles. The first-order valence-corrected chi connectivity index (χ1v) is 6.96. The number of nitrogens with zero attached hydrogens (tertiary/aromatic N) is 2. The predicted molar refractivity (Wildman–Crippen MR) is 79.4 cm³/mol. The van der Waals surface area contributed by atoms with E-state index in [0.29, 0.717) is 0 Å². The summed E-state index contributed by atoms with van der Waals surface area (Å²) < 4.78 is 5.49. The molecule has 6 nitrogen and oxygen atoms in total. The number of unbranched alkanes of at least 4 members (excludes halogenated alkanes) is 1. The molecule has 0 fully saturated rings. The van der Waals surface area contributed by atoms with Crippen molar-refractivity contribution in [3.63, 3.8) is 0 Å². The molecule has 0 aromatic carbocycles. The Labute approximate surface area is 115 Å². The minimum Gasteiger partial charge on any atom is -0.381 e. The van der Waals surface area contributed by atoms with E-state index in [1.165, 1.54) is 6.42 Å². The summed E-state index contributed by atoms with van der Waals surface area (Å²) in [5.74, 6) is 1.77. The van der Waals surface area contributed by atoms with Crippen LogP contribution in [0.2, 0.25) is 0 Å². The summed E-state index contributed by atoms with van der Waals surface area (Å²) in [5.41, 5.74) is 5.65. The number of nitrogens with two attached hydrogens (primary N) is 1. The monoisotopic (exact) mass is 267 g/mol. The van der Waals surface area contributed by atoms with Crippen LogP contribution < -0.4 is 16.4 Å². The Morgan fingerprint density at radius 2 is 1.79 bits per heavy atom. The fourth-order valence-electron chi connectivity index (χ4n) is 1.57. The Bertz CT molecular complexity index is 359. The highest BCUT2D eigenvalue weighted by molar-refractivity contribution is 5.50. The molecule has 0 atom stereocenters. The molecule has 19 heavy (non-hydrogen) atoms. The Morgan fingerprint density at radius 3 is 2.47 bits per heavy atom. The van der Waals surface area contributed by atoms with Crippen LogP contribution in [0.4, 0.5) is 17.6 Å². The minimum absolute atomic E-state index is 0.278. The van der Waals surface area contributed by atoms with Crippen molar-refractivity contribution < 1.29 is 4.74 Å². The number of hydrogen-bond donors (Lipinski definition) is 3. The Morgan fingerprint density at radius 1 is 1.11 bits per heavy atom. The van der Waals surface area contributed by atoms with Crippen molar-refractivity contribution >= 4 is 17.6 Å². The molecule has 1 aromatic rings. The van der Waals surface area contributed by atoms with E-state index < -0.39 is 0 Å². The van der Waals surface area contributed by atoms with Gasteiger partial charge in [0.25, 0.3) is 0 Å². The van der Waals surface area contributed by atoms with Gasteiger partial charge >= 0.3 is 0 Å². The summed E-state index contributed by atoms with van der Waals surface area (Å²) in [6, 6.07) is 1.86. The van der Waals surface area contributed by atoms with Gasteiger partial charge in [0.05, 0.1) is 0 Å². The topological polar surface area (TPSA) is 85.1 Å². The third-order valence-corrected chi connectivity index (χ3v) is 2.52. The van der Waals surface area contributed by atoms with Crippen LogP contribution in [0.5, 0.6) is 0 Å². The molecular formula is C13H25N5O. The third kappa shape index (κ3) is 6.81. The number of rotatable bonds is 10. The van der Waals surface area contributed by atoms with Crippen molar-refractivity contribution in [3.8, 4) is 0 Å². The highest BCUT2D eigenvalue weighted by Crippen LogP contribution is 2.12. The Hall–Kier alpha value is -1.56. The van der Waals surface area contributed by atoms with Gasteiger partial charge in [-0.25, -0.2) is 0 Å². The van der Waals surface area contributed by atoms with Gasteiger partial charge in [-0.15, -0.1) is 0 Å². The number of hydrogen-bond acceptors (Lipinski definition) is 6. The van der Waals surface area contributed by atoms with Crippen LogP contribution in [0.3, 0.4) is 0 Å². The standard InChI is InChI=1S/C13H25N5O/c1-3-5-8-19-9-6-7-16-12-10-11(15-4-2)17-13(14)18-12/h10H,3-9H2,1-2H3,(H4,14,15,16,17,18). The van der Waals surface area contributed by atoms with Crippen LogP contribution in [-0.4, -0.2) is 36.3 Å². The van der Waals surface area contributed by atoms with E-state index in [1.54, 1.807) is 0 Å². The first-order chi connectivity index (χ1) is 9.26.